The largest absolute Gasteiger partial charge is 0.503 e. The van der Waals surface area contributed by atoms with E-state index in [9.17, 15) is 19.5 Å². The number of aryl methyl sites for hydroxylation is 2. The van der Waals surface area contributed by atoms with E-state index in [1.807, 2.05) is 6.92 Å². The standard InChI is InChI=1S/C29H32N2O8S/c1-6-8-9-14-38-19-13-11-18(15-21(19)37-7-2)23-22(24(32)20-12-10-16(3)39-20)25(33)27(34)31(23)29-30-17(4)26(40-29)28(35)36-5/h10-13,15,23,33H,6-9,14H2,1-5H3. The van der Waals surface area contributed by atoms with Crippen LogP contribution in [0, 0.1) is 13.8 Å². The molecule has 3 aromatic rings. The molecule has 3 heterocycles. The average Bonchev–Trinajstić information content (AvgIpc) is 3.62. The number of Topliss-reactive ketones (excluding diaryl/α,β-unsaturated/α-hetero) is 1. The predicted molar refractivity (Wildman–Crippen MR) is 148 cm³/mol. The van der Waals surface area contributed by atoms with Crippen molar-refractivity contribution in [3.05, 3.63) is 69.3 Å². The van der Waals surface area contributed by atoms with Crippen LogP contribution in [0.25, 0.3) is 0 Å². The Bertz CT molecular complexity index is 1450. The number of aliphatic hydroxyl groups excluding tert-OH is 1. The number of amides is 1. The molecule has 0 saturated heterocycles. The van der Waals surface area contributed by atoms with E-state index in [0.717, 1.165) is 30.6 Å². The van der Waals surface area contributed by atoms with Gasteiger partial charge in [0.05, 0.1) is 37.6 Å². The minimum atomic E-state index is -1.09. The third-order valence-electron chi connectivity index (χ3n) is 6.37. The maximum Gasteiger partial charge on any atom is 0.350 e. The third-order valence-corrected chi connectivity index (χ3v) is 7.50. The molecule has 212 valence electrons. The van der Waals surface area contributed by atoms with Gasteiger partial charge in [-0.2, -0.15) is 0 Å². The lowest BCUT2D eigenvalue weighted by Crippen LogP contribution is -2.31. The minimum absolute atomic E-state index is 0.0230. The summed E-state index contributed by atoms with van der Waals surface area (Å²) in [5, 5.41) is 11.2. The van der Waals surface area contributed by atoms with E-state index >= 15 is 0 Å². The summed E-state index contributed by atoms with van der Waals surface area (Å²) in [6, 6.07) is 7.14. The summed E-state index contributed by atoms with van der Waals surface area (Å²) in [6.07, 6.45) is 2.98. The van der Waals surface area contributed by atoms with Gasteiger partial charge in [0.2, 0.25) is 5.78 Å². The number of hydrogen-bond acceptors (Lipinski definition) is 10. The van der Waals surface area contributed by atoms with Gasteiger partial charge in [-0.1, -0.05) is 37.2 Å². The van der Waals surface area contributed by atoms with Crippen molar-refractivity contribution in [2.24, 2.45) is 0 Å². The number of esters is 1. The maximum atomic E-state index is 13.6. The molecule has 40 heavy (non-hydrogen) atoms. The van der Waals surface area contributed by atoms with Crippen molar-refractivity contribution in [3.63, 3.8) is 0 Å². The van der Waals surface area contributed by atoms with Gasteiger partial charge in [-0.05, 0) is 57.0 Å². The zero-order valence-electron chi connectivity index (χ0n) is 23.1. The van der Waals surface area contributed by atoms with Crippen LogP contribution in [0.5, 0.6) is 11.5 Å². The first kappa shape index (κ1) is 28.9. The highest BCUT2D eigenvalue weighted by molar-refractivity contribution is 7.17. The number of ketones is 1. The van der Waals surface area contributed by atoms with Crippen molar-refractivity contribution in [2.75, 3.05) is 25.2 Å². The van der Waals surface area contributed by atoms with E-state index in [0.29, 0.717) is 41.7 Å². The number of furan rings is 1. The minimum Gasteiger partial charge on any atom is -0.503 e. The highest BCUT2D eigenvalue weighted by Crippen LogP contribution is 2.45. The quantitative estimate of drug-likeness (QED) is 0.162. The van der Waals surface area contributed by atoms with E-state index < -0.39 is 29.5 Å². The molecule has 0 spiro atoms. The first-order chi connectivity index (χ1) is 19.2. The number of ether oxygens (including phenoxy) is 3. The molecule has 0 aliphatic carbocycles. The van der Waals surface area contributed by atoms with Gasteiger partial charge in [0.25, 0.3) is 5.91 Å². The van der Waals surface area contributed by atoms with Gasteiger partial charge in [0, 0.05) is 0 Å². The molecular formula is C29H32N2O8S. The van der Waals surface area contributed by atoms with Gasteiger partial charge in [-0.3, -0.25) is 14.5 Å². The highest BCUT2D eigenvalue weighted by Gasteiger charge is 2.47. The molecule has 11 heteroatoms. The summed E-state index contributed by atoms with van der Waals surface area (Å²) < 4.78 is 22.2. The Kier molecular flexibility index (Phi) is 8.93. The topological polar surface area (TPSA) is 128 Å². The summed E-state index contributed by atoms with van der Waals surface area (Å²) in [5.41, 5.74) is 0.650. The first-order valence-electron chi connectivity index (χ1n) is 13.0. The lowest BCUT2D eigenvalue weighted by molar-refractivity contribution is -0.117. The van der Waals surface area contributed by atoms with Crippen LogP contribution < -0.4 is 14.4 Å². The summed E-state index contributed by atoms with van der Waals surface area (Å²) in [5.74, 6) is -1.38. The van der Waals surface area contributed by atoms with Gasteiger partial charge in [-0.25, -0.2) is 9.78 Å². The summed E-state index contributed by atoms with van der Waals surface area (Å²) in [6.45, 7) is 8.12. The van der Waals surface area contributed by atoms with Crippen molar-refractivity contribution in [3.8, 4) is 11.5 Å². The second-order valence-corrected chi connectivity index (χ2v) is 10.2. The number of nitrogens with zero attached hydrogens (tertiary/aromatic N) is 2. The fraction of sp³-hybridized carbons (Fsp3) is 0.379. The molecule has 2 aromatic heterocycles. The Morgan fingerprint density at radius 3 is 2.52 bits per heavy atom. The molecule has 4 rings (SSSR count). The number of anilines is 1. The molecule has 10 nitrogen and oxygen atoms in total. The molecule has 0 saturated carbocycles. The molecule has 1 aliphatic rings. The van der Waals surface area contributed by atoms with Gasteiger partial charge in [0.15, 0.2) is 28.1 Å². The van der Waals surface area contributed by atoms with Crippen molar-refractivity contribution >= 4 is 34.1 Å². The lowest BCUT2D eigenvalue weighted by atomic mass is 9.95. The number of carbonyl (C=O) groups excluding carboxylic acids is 3. The number of methoxy groups -OCH3 is 1. The summed E-state index contributed by atoms with van der Waals surface area (Å²) in [4.78, 5) is 45.3. The van der Waals surface area contributed by atoms with Crippen molar-refractivity contribution < 1.29 is 38.1 Å². The number of unbranched alkanes of at least 4 members (excludes halogenated alkanes) is 2. The Morgan fingerprint density at radius 2 is 1.88 bits per heavy atom. The molecule has 0 radical (unpaired) electrons. The van der Waals surface area contributed by atoms with E-state index in [-0.39, 0.29) is 21.3 Å². The van der Waals surface area contributed by atoms with Crippen LogP contribution >= 0.6 is 11.3 Å². The number of rotatable bonds is 12. The molecule has 0 fully saturated rings. The number of thiazole rings is 1. The van der Waals surface area contributed by atoms with Crippen LogP contribution in [0.1, 0.15) is 76.4 Å². The van der Waals surface area contributed by atoms with Crippen LogP contribution in [0.4, 0.5) is 5.13 Å². The van der Waals surface area contributed by atoms with Crippen LogP contribution in [-0.4, -0.2) is 48.1 Å². The average molecular weight is 569 g/mol. The molecule has 0 bridgehead atoms. The Labute approximate surface area is 236 Å². The number of benzene rings is 1. The zero-order valence-corrected chi connectivity index (χ0v) is 23.9. The van der Waals surface area contributed by atoms with Crippen molar-refractivity contribution in [2.45, 2.75) is 53.0 Å². The predicted octanol–water partition coefficient (Wildman–Crippen LogP) is 5.89. The van der Waals surface area contributed by atoms with Crippen LogP contribution in [0.15, 0.2) is 46.1 Å². The van der Waals surface area contributed by atoms with Crippen LogP contribution in [0.2, 0.25) is 0 Å². The fourth-order valence-corrected chi connectivity index (χ4v) is 5.43. The Balaban J connectivity index is 1.83. The third kappa shape index (κ3) is 5.60. The van der Waals surface area contributed by atoms with E-state index in [2.05, 4.69) is 11.9 Å². The Hall–Kier alpha value is -4.12. The van der Waals surface area contributed by atoms with Gasteiger partial charge in [0.1, 0.15) is 10.6 Å². The summed E-state index contributed by atoms with van der Waals surface area (Å²) >= 11 is 0.932. The lowest BCUT2D eigenvalue weighted by Gasteiger charge is -2.25. The van der Waals surface area contributed by atoms with Crippen LogP contribution in [-0.2, 0) is 9.53 Å². The number of carbonyl (C=O) groups is 3. The van der Waals surface area contributed by atoms with Gasteiger partial charge < -0.3 is 23.7 Å². The number of hydrogen-bond donors (Lipinski definition) is 1. The fourth-order valence-electron chi connectivity index (χ4n) is 4.42. The van der Waals surface area contributed by atoms with Crippen molar-refractivity contribution in [1.29, 1.82) is 0 Å². The highest BCUT2D eigenvalue weighted by atomic mass is 32.1. The van der Waals surface area contributed by atoms with E-state index in [1.54, 1.807) is 38.1 Å². The van der Waals surface area contributed by atoms with E-state index in [4.69, 9.17) is 18.6 Å². The SMILES string of the molecule is CCCCCOc1ccc(C2C(C(=O)c3ccc(C)o3)=C(O)C(=O)N2c2nc(C)c(C(=O)OC)s2)cc1OCC. The normalized spacial score (nSPS) is 15.1. The number of aliphatic hydroxyl groups is 1. The molecular weight excluding hydrogens is 536 g/mol. The van der Waals surface area contributed by atoms with Crippen LogP contribution in [0.3, 0.4) is 0 Å². The monoisotopic (exact) mass is 568 g/mol. The molecule has 1 aliphatic heterocycles. The second-order valence-electron chi connectivity index (χ2n) is 9.18. The molecule has 1 N–H and O–H groups in total. The Morgan fingerprint density at radius 1 is 1.10 bits per heavy atom. The first-order valence-corrected chi connectivity index (χ1v) is 13.9. The molecule has 1 atom stereocenters. The second kappa shape index (κ2) is 12.4. The summed E-state index contributed by atoms with van der Waals surface area (Å²) in [7, 11) is 1.25. The maximum absolute atomic E-state index is 13.6. The van der Waals surface area contributed by atoms with Crippen molar-refractivity contribution in [1.82, 2.24) is 4.98 Å². The molecule has 1 amide bonds. The van der Waals surface area contributed by atoms with E-state index in [1.165, 1.54) is 18.1 Å². The smallest absolute Gasteiger partial charge is 0.350 e. The number of aromatic nitrogens is 1. The van der Waals surface area contributed by atoms with Gasteiger partial charge in [-0.15, -0.1) is 0 Å². The molecule has 1 unspecified atom stereocenters. The van der Waals surface area contributed by atoms with Gasteiger partial charge >= 0.3 is 5.97 Å². The zero-order chi connectivity index (χ0) is 29.0. The molecule has 1 aromatic carbocycles.